The maximum absolute atomic E-state index is 14.4. The van der Waals surface area contributed by atoms with Gasteiger partial charge in [-0.1, -0.05) is 0 Å². The van der Waals surface area contributed by atoms with Gasteiger partial charge in [-0.15, -0.1) is 0 Å². The molecular formula is C33H37F3N4O5. The first-order valence-electron chi connectivity index (χ1n) is 15.8. The standard InChI is InChI=1S/C33H37F3N4O5/c1-40-17-26(24-3-2-23(15-27(24)40)45-9-6-18-4-7-44-8-5-18)29-37-16-25(28(38-29)33(34,35)36)30(41)39-32(31(42)43)21-11-19-10-20(13-21)14-22(32)12-19/h2-3,15-22H,4-14H2,1H3,(H,39,41)(H,42,43). The Labute approximate surface area is 258 Å². The van der Waals surface area contributed by atoms with Gasteiger partial charge in [0.05, 0.1) is 17.7 Å². The molecule has 2 aromatic heterocycles. The highest BCUT2D eigenvalue weighted by molar-refractivity contribution is 6.00. The molecule has 1 saturated heterocycles. The lowest BCUT2D eigenvalue weighted by Gasteiger charge is -2.59. The van der Waals surface area contributed by atoms with Crippen molar-refractivity contribution in [2.75, 3.05) is 19.8 Å². The molecular weight excluding hydrogens is 589 g/mol. The molecule has 8 rings (SSSR count). The molecule has 240 valence electrons. The number of aromatic nitrogens is 3. The lowest BCUT2D eigenvalue weighted by molar-refractivity contribution is -0.163. The number of amides is 1. The number of hydrogen-bond acceptors (Lipinski definition) is 6. The van der Waals surface area contributed by atoms with Crippen LogP contribution in [0.5, 0.6) is 5.75 Å². The summed E-state index contributed by atoms with van der Waals surface area (Å²) in [7, 11) is 1.78. The summed E-state index contributed by atoms with van der Waals surface area (Å²) >= 11 is 0. The van der Waals surface area contributed by atoms with E-state index < -0.39 is 34.8 Å². The van der Waals surface area contributed by atoms with E-state index >= 15 is 0 Å². The summed E-state index contributed by atoms with van der Waals surface area (Å²) in [6.45, 7) is 2.11. The molecule has 0 atom stereocenters. The molecule has 0 spiro atoms. The second-order valence-electron chi connectivity index (χ2n) is 13.4. The molecule has 4 saturated carbocycles. The second-order valence-corrected chi connectivity index (χ2v) is 13.4. The highest BCUT2D eigenvalue weighted by Gasteiger charge is 2.62. The van der Waals surface area contributed by atoms with Crippen molar-refractivity contribution >= 4 is 22.8 Å². The van der Waals surface area contributed by atoms with E-state index in [1.807, 2.05) is 6.07 Å². The maximum Gasteiger partial charge on any atom is 0.434 e. The molecule has 3 aromatic rings. The van der Waals surface area contributed by atoms with Gasteiger partial charge in [0, 0.05) is 49.7 Å². The number of carboxylic acid groups (broad SMARTS) is 1. The van der Waals surface area contributed by atoms with E-state index in [4.69, 9.17) is 9.47 Å². The van der Waals surface area contributed by atoms with Crippen LogP contribution in [-0.4, -0.2) is 56.9 Å². The number of carboxylic acids is 1. The third-order valence-electron chi connectivity index (χ3n) is 10.7. The van der Waals surface area contributed by atoms with Crippen LogP contribution in [0.15, 0.2) is 30.6 Å². The van der Waals surface area contributed by atoms with Crippen molar-refractivity contribution in [3.05, 3.63) is 41.9 Å². The van der Waals surface area contributed by atoms with E-state index in [-0.39, 0.29) is 17.7 Å². The molecule has 1 amide bonds. The number of aliphatic carboxylic acids is 1. The van der Waals surface area contributed by atoms with Crippen molar-refractivity contribution in [1.82, 2.24) is 19.9 Å². The zero-order valence-corrected chi connectivity index (χ0v) is 25.1. The number of aryl methyl sites for hydroxylation is 1. The van der Waals surface area contributed by atoms with Crippen LogP contribution in [-0.2, 0) is 22.8 Å². The van der Waals surface area contributed by atoms with Gasteiger partial charge in [-0.3, -0.25) is 4.79 Å². The summed E-state index contributed by atoms with van der Waals surface area (Å²) in [6.07, 6.45) is 4.20. The van der Waals surface area contributed by atoms with Crippen molar-refractivity contribution in [3.8, 4) is 17.1 Å². The van der Waals surface area contributed by atoms with Crippen LogP contribution >= 0.6 is 0 Å². The highest BCUT2D eigenvalue weighted by atomic mass is 19.4. The lowest BCUT2D eigenvalue weighted by atomic mass is 9.48. The fourth-order valence-electron chi connectivity index (χ4n) is 8.69. The fourth-order valence-corrected chi connectivity index (χ4v) is 8.69. The number of carbonyl (C=O) groups is 2. The van der Waals surface area contributed by atoms with E-state index in [0.29, 0.717) is 66.7 Å². The SMILES string of the molecule is Cn1cc(-c2ncc(C(=O)NC3(C(=O)O)C4CC5CC(C4)CC3C5)c(C(F)(F)F)n2)c2ccc(OCCC3CCOCC3)cc21. The minimum atomic E-state index is -4.97. The monoisotopic (exact) mass is 626 g/mol. The predicted octanol–water partition coefficient (Wildman–Crippen LogP) is 5.86. The van der Waals surface area contributed by atoms with E-state index in [2.05, 4.69) is 15.3 Å². The lowest BCUT2D eigenvalue weighted by Crippen LogP contribution is -2.70. The fraction of sp³-hybridized carbons (Fsp3) is 0.576. The van der Waals surface area contributed by atoms with Gasteiger partial charge in [0.25, 0.3) is 5.91 Å². The molecule has 2 N–H and O–H groups in total. The van der Waals surface area contributed by atoms with Crippen LogP contribution in [0.3, 0.4) is 0 Å². The first kappa shape index (κ1) is 30.0. The van der Waals surface area contributed by atoms with Crippen LogP contribution in [0.4, 0.5) is 13.2 Å². The van der Waals surface area contributed by atoms with Crippen molar-refractivity contribution in [2.45, 2.75) is 63.1 Å². The number of alkyl halides is 3. The predicted molar refractivity (Wildman–Crippen MR) is 157 cm³/mol. The van der Waals surface area contributed by atoms with Gasteiger partial charge in [0.1, 0.15) is 11.3 Å². The molecule has 4 bridgehead atoms. The Bertz CT molecular complexity index is 1600. The molecule has 0 radical (unpaired) electrons. The number of rotatable bonds is 8. The third-order valence-corrected chi connectivity index (χ3v) is 10.7. The first-order chi connectivity index (χ1) is 21.5. The van der Waals surface area contributed by atoms with Crippen LogP contribution in [0.25, 0.3) is 22.3 Å². The molecule has 12 heteroatoms. The van der Waals surface area contributed by atoms with Gasteiger partial charge >= 0.3 is 12.1 Å². The van der Waals surface area contributed by atoms with Gasteiger partial charge in [-0.05, 0) is 93.1 Å². The molecule has 1 aliphatic heterocycles. The molecule has 9 nitrogen and oxygen atoms in total. The largest absolute Gasteiger partial charge is 0.494 e. The molecule has 1 aromatic carbocycles. The molecule has 3 heterocycles. The zero-order valence-electron chi connectivity index (χ0n) is 25.1. The van der Waals surface area contributed by atoms with Gasteiger partial charge in [-0.2, -0.15) is 13.2 Å². The number of nitrogens with zero attached hydrogens (tertiary/aromatic N) is 3. The molecule has 0 unspecified atom stereocenters. The third kappa shape index (κ3) is 5.34. The Morgan fingerprint density at radius 1 is 1.11 bits per heavy atom. The Balaban J connectivity index is 1.15. The number of fused-ring (bicyclic) bond motifs is 1. The summed E-state index contributed by atoms with van der Waals surface area (Å²) in [6, 6.07) is 5.39. The van der Waals surface area contributed by atoms with E-state index in [1.54, 1.807) is 29.9 Å². The van der Waals surface area contributed by atoms with Gasteiger partial charge < -0.3 is 24.5 Å². The first-order valence-corrected chi connectivity index (χ1v) is 15.8. The highest BCUT2D eigenvalue weighted by Crippen LogP contribution is 2.58. The summed E-state index contributed by atoms with van der Waals surface area (Å²) < 4.78 is 56.5. The average molecular weight is 627 g/mol. The van der Waals surface area contributed by atoms with E-state index in [1.165, 1.54) is 0 Å². The van der Waals surface area contributed by atoms with Crippen molar-refractivity contribution in [3.63, 3.8) is 0 Å². The minimum absolute atomic E-state index is 0.180. The molecule has 4 aliphatic carbocycles. The van der Waals surface area contributed by atoms with Crippen molar-refractivity contribution in [2.24, 2.45) is 36.6 Å². The molecule has 45 heavy (non-hydrogen) atoms. The smallest absolute Gasteiger partial charge is 0.434 e. The quantitative estimate of drug-likeness (QED) is 0.322. The van der Waals surface area contributed by atoms with Crippen LogP contribution in [0, 0.1) is 29.6 Å². The van der Waals surface area contributed by atoms with Gasteiger partial charge in [0.2, 0.25) is 0 Å². The van der Waals surface area contributed by atoms with Crippen LogP contribution < -0.4 is 10.1 Å². The maximum atomic E-state index is 14.4. The minimum Gasteiger partial charge on any atom is -0.494 e. The van der Waals surface area contributed by atoms with Gasteiger partial charge in [-0.25, -0.2) is 14.8 Å². The Kier molecular flexibility index (Phi) is 7.53. The van der Waals surface area contributed by atoms with E-state index in [9.17, 15) is 27.9 Å². The summed E-state index contributed by atoms with van der Waals surface area (Å²) in [4.78, 5) is 34.3. The van der Waals surface area contributed by atoms with Crippen LogP contribution in [0.1, 0.15) is 67.4 Å². The number of nitrogens with one attached hydrogen (secondary N) is 1. The van der Waals surface area contributed by atoms with Gasteiger partial charge in [0.15, 0.2) is 11.5 Å². The topological polar surface area (TPSA) is 116 Å². The number of benzene rings is 1. The van der Waals surface area contributed by atoms with Crippen molar-refractivity contribution < 1.29 is 37.3 Å². The summed E-state index contributed by atoms with van der Waals surface area (Å²) in [5.74, 6) is -1.05. The summed E-state index contributed by atoms with van der Waals surface area (Å²) in [5.41, 5.74) is -2.65. The molecule has 5 aliphatic rings. The normalized spacial score (nSPS) is 28.0. The van der Waals surface area contributed by atoms with Crippen LogP contribution in [0.2, 0.25) is 0 Å². The number of halogens is 3. The van der Waals surface area contributed by atoms with E-state index in [0.717, 1.165) is 50.6 Å². The average Bonchev–Trinajstić information content (AvgIpc) is 3.33. The second kappa shape index (κ2) is 11.3. The summed E-state index contributed by atoms with van der Waals surface area (Å²) in [5, 5.41) is 13.6. The molecule has 5 fully saturated rings. The van der Waals surface area contributed by atoms with Crippen molar-refractivity contribution in [1.29, 1.82) is 0 Å². The Morgan fingerprint density at radius 3 is 2.44 bits per heavy atom. The number of carbonyl (C=O) groups excluding carboxylic acids is 1. The Morgan fingerprint density at radius 2 is 1.80 bits per heavy atom. The number of ether oxygens (including phenoxy) is 2. The Hall–Kier alpha value is -3.67. The zero-order chi connectivity index (χ0) is 31.5. The number of hydrogen-bond donors (Lipinski definition) is 2.